The lowest BCUT2D eigenvalue weighted by Gasteiger charge is -2.17. The molecule has 150 valence electrons. The molecule has 0 bridgehead atoms. The zero-order chi connectivity index (χ0) is 20.8. The van der Waals surface area contributed by atoms with E-state index < -0.39 is 0 Å². The minimum absolute atomic E-state index is 0.0809. The van der Waals surface area contributed by atoms with E-state index in [0.717, 1.165) is 11.3 Å². The Bertz CT molecular complexity index is 887. The van der Waals surface area contributed by atoms with Crippen LogP contribution in [0.1, 0.15) is 22.8 Å². The summed E-state index contributed by atoms with van der Waals surface area (Å²) in [6.07, 6.45) is 1.78. The van der Waals surface area contributed by atoms with Crippen molar-refractivity contribution in [3.63, 3.8) is 0 Å². The van der Waals surface area contributed by atoms with Crippen molar-refractivity contribution in [1.29, 1.82) is 0 Å². The maximum absolute atomic E-state index is 13.0. The summed E-state index contributed by atoms with van der Waals surface area (Å²) < 4.78 is 21.5. The van der Waals surface area contributed by atoms with Gasteiger partial charge in [-0.25, -0.2) is 0 Å². The maximum atomic E-state index is 13.0. The summed E-state index contributed by atoms with van der Waals surface area (Å²) in [7, 11) is 10.1. The number of nitrogens with zero attached hydrogens (tertiary/aromatic N) is 1. The standard InChI is InChI=1S/C22H27NO5/c1-14(10-16-12-20(27-6)21(28-7)13-19(16)26-5)22(24)15-8-9-18(25-4)17(11-15)23(2)3/h8-13H,1-7H3/b14-10+. The fourth-order valence-corrected chi connectivity index (χ4v) is 2.87. The van der Waals surface area contributed by atoms with Gasteiger partial charge in [-0.1, -0.05) is 0 Å². The van der Waals surface area contributed by atoms with E-state index in [1.807, 2.05) is 25.1 Å². The second-order valence-electron chi connectivity index (χ2n) is 6.39. The summed E-state index contributed by atoms with van der Waals surface area (Å²) in [5, 5.41) is 0. The van der Waals surface area contributed by atoms with Gasteiger partial charge in [-0.05, 0) is 42.8 Å². The molecule has 2 aromatic carbocycles. The topological polar surface area (TPSA) is 57.2 Å². The molecule has 6 heteroatoms. The lowest BCUT2D eigenvalue weighted by atomic mass is 10.0. The van der Waals surface area contributed by atoms with Gasteiger partial charge in [-0.15, -0.1) is 0 Å². The smallest absolute Gasteiger partial charge is 0.188 e. The van der Waals surface area contributed by atoms with E-state index in [1.165, 1.54) is 0 Å². The van der Waals surface area contributed by atoms with Gasteiger partial charge in [0.15, 0.2) is 17.3 Å². The highest BCUT2D eigenvalue weighted by molar-refractivity contribution is 6.11. The summed E-state index contributed by atoms with van der Waals surface area (Å²) in [6, 6.07) is 8.90. The number of hydrogen-bond acceptors (Lipinski definition) is 6. The van der Waals surface area contributed by atoms with Gasteiger partial charge in [-0.3, -0.25) is 4.79 Å². The highest BCUT2D eigenvalue weighted by Gasteiger charge is 2.15. The molecule has 28 heavy (non-hydrogen) atoms. The molecule has 0 N–H and O–H groups in total. The number of anilines is 1. The van der Waals surface area contributed by atoms with Crippen molar-refractivity contribution >= 4 is 17.5 Å². The molecule has 0 aliphatic carbocycles. The van der Waals surface area contributed by atoms with E-state index in [-0.39, 0.29) is 5.78 Å². The Labute approximate surface area is 166 Å². The number of carbonyl (C=O) groups excluding carboxylic acids is 1. The Balaban J connectivity index is 2.45. The van der Waals surface area contributed by atoms with Crippen LogP contribution in [-0.2, 0) is 0 Å². The maximum Gasteiger partial charge on any atom is 0.188 e. The molecule has 0 radical (unpaired) electrons. The van der Waals surface area contributed by atoms with Crippen molar-refractivity contribution in [3.05, 3.63) is 47.0 Å². The number of ether oxygens (including phenoxy) is 4. The highest BCUT2D eigenvalue weighted by Crippen LogP contribution is 2.36. The van der Waals surface area contributed by atoms with Gasteiger partial charge < -0.3 is 23.8 Å². The number of methoxy groups -OCH3 is 4. The normalized spacial score (nSPS) is 11.0. The van der Waals surface area contributed by atoms with Gasteiger partial charge in [0.2, 0.25) is 0 Å². The van der Waals surface area contributed by atoms with E-state index in [2.05, 4.69) is 0 Å². The molecule has 0 saturated carbocycles. The molecule has 0 aliphatic rings. The molecular weight excluding hydrogens is 358 g/mol. The summed E-state index contributed by atoms with van der Waals surface area (Å²) in [5.41, 5.74) is 2.72. The monoisotopic (exact) mass is 385 g/mol. The van der Waals surface area contributed by atoms with Crippen LogP contribution in [0.2, 0.25) is 0 Å². The lowest BCUT2D eigenvalue weighted by molar-refractivity contribution is 0.103. The summed E-state index contributed by atoms with van der Waals surface area (Å²) in [4.78, 5) is 14.9. The van der Waals surface area contributed by atoms with Crippen molar-refractivity contribution in [2.24, 2.45) is 0 Å². The van der Waals surface area contributed by atoms with Crippen molar-refractivity contribution in [2.75, 3.05) is 47.4 Å². The van der Waals surface area contributed by atoms with Gasteiger partial charge >= 0.3 is 0 Å². The molecular formula is C22H27NO5. The third-order valence-corrected chi connectivity index (χ3v) is 4.39. The van der Waals surface area contributed by atoms with E-state index >= 15 is 0 Å². The minimum Gasteiger partial charge on any atom is -0.496 e. The number of hydrogen-bond donors (Lipinski definition) is 0. The molecule has 0 saturated heterocycles. The molecule has 0 atom stereocenters. The van der Waals surface area contributed by atoms with Gasteiger partial charge in [0.05, 0.1) is 34.1 Å². The first-order valence-electron chi connectivity index (χ1n) is 8.74. The summed E-state index contributed by atoms with van der Waals surface area (Å²) >= 11 is 0. The Hall–Kier alpha value is -3.15. The molecule has 0 fully saturated rings. The van der Waals surface area contributed by atoms with Crippen LogP contribution in [0.4, 0.5) is 5.69 Å². The van der Waals surface area contributed by atoms with E-state index in [0.29, 0.717) is 34.1 Å². The Morgan fingerprint density at radius 3 is 1.93 bits per heavy atom. The van der Waals surface area contributed by atoms with Crippen molar-refractivity contribution in [1.82, 2.24) is 0 Å². The van der Waals surface area contributed by atoms with Crippen molar-refractivity contribution in [2.45, 2.75) is 6.92 Å². The van der Waals surface area contributed by atoms with Crippen molar-refractivity contribution < 1.29 is 23.7 Å². The van der Waals surface area contributed by atoms with E-state index in [4.69, 9.17) is 18.9 Å². The predicted octanol–water partition coefficient (Wildman–Crippen LogP) is 4.07. The first-order chi connectivity index (χ1) is 13.4. The van der Waals surface area contributed by atoms with Crippen LogP contribution in [-0.4, -0.2) is 48.3 Å². The van der Waals surface area contributed by atoms with Crippen LogP contribution < -0.4 is 23.8 Å². The van der Waals surface area contributed by atoms with Gasteiger partial charge in [0.1, 0.15) is 11.5 Å². The Morgan fingerprint density at radius 2 is 1.39 bits per heavy atom. The fourth-order valence-electron chi connectivity index (χ4n) is 2.87. The molecule has 2 rings (SSSR count). The van der Waals surface area contributed by atoms with Crippen molar-refractivity contribution in [3.8, 4) is 23.0 Å². The molecule has 0 spiro atoms. The largest absolute Gasteiger partial charge is 0.496 e. The molecule has 6 nitrogen and oxygen atoms in total. The number of Topliss-reactive ketones (excluding diaryl/α,β-unsaturated/α-hetero) is 1. The third kappa shape index (κ3) is 4.39. The SMILES string of the molecule is COc1cc(OC)c(OC)cc1/C=C(\C)C(=O)c1ccc(OC)c(N(C)C)c1. The zero-order valence-corrected chi connectivity index (χ0v) is 17.5. The van der Waals surface area contributed by atoms with Crippen LogP contribution in [0.5, 0.6) is 23.0 Å². The molecule has 2 aromatic rings. The summed E-state index contributed by atoms with van der Waals surface area (Å²) in [6.45, 7) is 1.78. The quantitative estimate of drug-likeness (QED) is 0.504. The fraction of sp³-hybridized carbons (Fsp3) is 0.318. The van der Waals surface area contributed by atoms with Gasteiger partial charge in [0, 0.05) is 31.3 Å². The first kappa shape index (κ1) is 21.2. The summed E-state index contributed by atoms with van der Waals surface area (Å²) in [5.74, 6) is 2.35. The zero-order valence-electron chi connectivity index (χ0n) is 17.5. The average molecular weight is 385 g/mol. The number of ketones is 1. The minimum atomic E-state index is -0.0809. The lowest BCUT2D eigenvalue weighted by Crippen LogP contribution is -2.11. The number of carbonyl (C=O) groups is 1. The van der Waals surface area contributed by atoms with Gasteiger partial charge in [0.25, 0.3) is 0 Å². The average Bonchev–Trinajstić information content (AvgIpc) is 2.71. The highest BCUT2D eigenvalue weighted by atomic mass is 16.5. The van der Waals surface area contributed by atoms with Crippen LogP contribution in [0.25, 0.3) is 6.08 Å². The second kappa shape index (κ2) is 9.17. The third-order valence-electron chi connectivity index (χ3n) is 4.39. The van der Waals surface area contributed by atoms with Crippen LogP contribution >= 0.6 is 0 Å². The molecule has 0 unspecified atom stereocenters. The van der Waals surface area contributed by atoms with Gasteiger partial charge in [-0.2, -0.15) is 0 Å². The number of rotatable bonds is 8. The molecule has 0 amide bonds. The Kier molecular flexibility index (Phi) is 6.93. The number of benzene rings is 2. The number of allylic oxidation sites excluding steroid dienone is 1. The Morgan fingerprint density at radius 1 is 0.821 bits per heavy atom. The molecule has 0 heterocycles. The predicted molar refractivity (Wildman–Crippen MR) is 111 cm³/mol. The van der Waals surface area contributed by atoms with E-state index in [1.54, 1.807) is 65.7 Å². The van der Waals surface area contributed by atoms with Crippen LogP contribution in [0.15, 0.2) is 35.9 Å². The first-order valence-corrected chi connectivity index (χ1v) is 8.74. The molecule has 0 aromatic heterocycles. The van der Waals surface area contributed by atoms with Crippen LogP contribution in [0, 0.1) is 0 Å². The van der Waals surface area contributed by atoms with Crippen LogP contribution in [0.3, 0.4) is 0 Å². The van der Waals surface area contributed by atoms with E-state index in [9.17, 15) is 4.79 Å². The second-order valence-corrected chi connectivity index (χ2v) is 6.39. The molecule has 0 aliphatic heterocycles.